The van der Waals surface area contributed by atoms with Crippen LogP contribution < -0.4 is 0 Å². The quantitative estimate of drug-likeness (QED) is 0.528. The van der Waals surface area contributed by atoms with E-state index < -0.39 is 12.8 Å². The number of alkyl halides is 3. The van der Waals surface area contributed by atoms with Crippen molar-refractivity contribution in [1.82, 2.24) is 0 Å². The van der Waals surface area contributed by atoms with Crippen molar-refractivity contribution in [3.8, 4) is 0 Å². The average Bonchev–Trinajstić information content (AvgIpc) is 1.71. The third kappa shape index (κ3) is 17.9. The van der Waals surface area contributed by atoms with Crippen LogP contribution in [0.25, 0.3) is 0 Å². The highest BCUT2D eigenvalue weighted by molar-refractivity contribution is 4.38. The molecule has 0 unspecified atom stereocenters. The van der Waals surface area contributed by atoms with Gasteiger partial charge in [-0.2, -0.15) is 8.78 Å². The molecule has 0 saturated carbocycles. The smallest absolute Gasteiger partial charge is 0.334 e. The van der Waals surface area contributed by atoms with Crippen LogP contribution in [0, 0.1) is 0 Å². The molecule has 1 nitrogen and oxygen atoms in total. The van der Waals surface area contributed by atoms with Gasteiger partial charge >= 0.3 is 6.11 Å². The first-order valence-corrected chi connectivity index (χ1v) is 1.72. The Balaban J connectivity index is 0. The molecule has 0 fully saturated rings. The molecule has 1 N–H and O–H groups in total. The van der Waals surface area contributed by atoms with Gasteiger partial charge in [-0.1, -0.05) is 0 Å². The van der Waals surface area contributed by atoms with Crippen LogP contribution >= 0.6 is 0 Å². The highest BCUT2D eigenvalue weighted by Gasteiger charge is 2.22. The van der Waals surface area contributed by atoms with Gasteiger partial charge in [0.2, 0.25) is 0 Å². The normalized spacial score (nSPS) is 9.50. The Hall–Kier alpha value is -0.510. The molecular formula is C4H7F3O. The van der Waals surface area contributed by atoms with E-state index in [-0.39, 0.29) is 0 Å². The van der Waals surface area contributed by atoms with Gasteiger partial charge in [-0.05, 0) is 0 Å². The third-order valence-electron chi connectivity index (χ3n) is 0.161. The van der Waals surface area contributed by atoms with Gasteiger partial charge in [0.05, 0.1) is 0 Å². The molecule has 0 atom stereocenters. The summed E-state index contributed by atoms with van der Waals surface area (Å²) in [4.78, 5) is 0. The van der Waals surface area contributed by atoms with Gasteiger partial charge in [0.1, 0.15) is 0 Å². The SMILES string of the molecule is C=C.OC(F)(F)CF. The molecule has 0 radical (unpaired) electrons. The highest BCUT2D eigenvalue weighted by atomic mass is 19.3. The number of hydrogen-bond donors (Lipinski definition) is 1. The standard InChI is InChI=1S/C2H3F3O.C2H4/c3-1-2(4,5)6;1-2/h6H,1H2;1-2H2. The van der Waals surface area contributed by atoms with Crippen LogP contribution in [0.3, 0.4) is 0 Å². The summed E-state index contributed by atoms with van der Waals surface area (Å²) in [5.41, 5.74) is 0. The Morgan fingerprint density at radius 1 is 1.38 bits per heavy atom. The lowest BCUT2D eigenvalue weighted by molar-refractivity contribution is -0.208. The third-order valence-corrected chi connectivity index (χ3v) is 0.161. The second kappa shape index (κ2) is 4.64. The minimum Gasteiger partial charge on any atom is -0.334 e. The second-order valence-corrected chi connectivity index (χ2v) is 0.799. The van der Waals surface area contributed by atoms with E-state index in [4.69, 9.17) is 5.11 Å². The number of aliphatic hydroxyl groups is 1. The molecule has 4 heteroatoms. The minimum atomic E-state index is -4.12. The number of halogens is 3. The Morgan fingerprint density at radius 3 is 1.50 bits per heavy atom. The van der Waals surface area contributed by atoms with Gasteiger partial charge in [-0.15, -0.1) is 13.2 Å². The van der Waals surface area contributed by atoms with E-state index in [1.807, 2.05) is 0 Å². The maximum absolute atomic E-state index is 10.6. The molecule has 8 heavy (non-hydrogen) atoms. The van der Waals surface area contributed by atoms with Gasteiger partial charge in [-0.25, -0.2) is 4.39 Å². The molecule has 0 aliphatic rings. The lowest BCUT2D eigenvalue weighted by Crippen LogP contribution is -2.15. The molecule has 0 amide bonds. The van der Waals surface area contributed by atoms with Crippen LogP contribution in [0.15, 0.2) is 13.2 Å². The van der Waals surface area contributed by atoms with Crippen LogP contribution in [0.2, 0.25) is 0 Å². The maximum atomic E-state index is 10.6. The van der Waals surface area contributed by atoms with Crippen molar-refractivity contribution < 1.29 is 18.3 Å². The Labute approximate surface area is 45.4 Å². The van der Waals surface area contributed by atoms with Gasteiger partial charge in [0.25, 0.3) is 0 Å². The predicted octanol–water partition coefficient (Wildman–Crippen LogP) is 1.34. The Morgan fingerprint density at radius 2 is 1.50 bits per heavy atom. The Bertz CT molecular complexity index is 49.7. The van der Waals surface area contributed by atoms with E-state index in [0.717, 1.165) is 0 Å². The Kier molecular flexibility index (Phi) is 6.08. The minimum absolute atomic E-state index is 2.01. The first-order valence-electron chi connectivity index (χ1n) is 1.72. The second-order valence-electron chi connectivity index (χ2n) is 0.799. The van der Waals surface area contributed by atoms with Crippen LogP contribution in [0.1, 0.15) is 0 Å². The summed E-state index contributed by atoms with van der Waals surface area (Å²) in [6.07, 6.45) is -4.12. The van der Waals surface area contributed by atoms with Crippen molar-refractivity contribution in [3.63, 3.8) is 0 Å². The first-order chi connectivity index (χ1) is 3.56. The van der Waals surface area contributed by atoms with Gasteiger partial charge in [0, 0.05) is 0 Å². The van der Waals surface area contributed by atoms with Crippen molar-refractivity contribution in [3.05, 3.63) is 13.2 Å². The molecule has 0 aliphatic carbocycles. The highest BCUT2D eigenvalue weighted by Crippen LogP contribution is 2.06. The summed E-state index contributed by atoms with van der Waals surface area (Å²) in [5.74, 6) is 0. The van der Waals surface area contributed by atoms with Gasteiger partial charge in [-0.3, -0.25) is 0 Å². The summed E-state index contributed by atoms with van der Waals surface area (Å²) < 4.78 is 31.8. The fourth-order valence-electron chi connectivity index (χ4n) is 0. The van der Waals surface area contributed by atoms with Gasteiger partial charge in [0.15, 0.2) is 6.67 Å². The summed E-state index contributed by atoms with van der Waals surface area (Å²) >= 11 is 0. The van der Waals surface area contributed by atoms with Crippen molar-refractivity contribution in [2.45, 2.75) is 6.11 Å². The molecule has 0 bridgehead atoms. The van der Waals surface area contributed by atoms with Crippen LogP contribution in [0.5, 0.6) is 0 Å². The molecule has 0 aromatic rings. The van der Waals surface area contributed by atoms with E-state index in [9.17, 15) is 13.2 Å². The fraction of sp³-hybridized carbons (Fsp3) is 0.500. The van der Waals surface area contributed by atoms with Crippen molar-refractivity contribution in [1.29, 1.82) is 0 Å². The molecule has 50 valence electrons. The molecule has 0 aromatic heterocycles. The van der Waals surface area contributed by atoms with Crippen LogP contribution in [-0.2, 0) is 0 Å². The lowest BCUT2D eigenvalue weighted by Gasteiger charge is -1.97. The van der Waals surface area contributed by atoms with E-state index >= 15 is 0 Å². The van der Waals surface area contributed by atoms with E-state index in [0.29, 0.717) is 0 Å². The summed E-state index contributed by atoms with van der Waals surface area (Å²) in [6, 6.07) is 0. The molecule has 0 saturated heterocycles. The number of hydrogen-bond acceptors (Lipinski definition) is 1. The van der Waals surface area contributed by atoms with E-state index in [2.05, 4.69) is 13.2 Å². The zero-order chi connectivity index (χ0) is 7.21. The zero-order valence-corrected chi connectivity index (χ0v) is 4.20. The van der Waals surface area contributed by atoms with Crippen LogP contribution in [0.4, 0.5) is 13.2 Å². The zero-order valence-electron chi connectivity index (χ0n) is 4.20. The molecule has 0 heterocycles. The molecule has 0 rings (SSSR count). The van der Waals surface area contributed by atoms with Gasteiger partial charge < -0.3 is 5.11 Å². The molecule has 0 spiro atoms. The number of rotatable bonds is 1. The average molecular weight is 128 g/mol. The summed E-state index contributed by atoms with van der Waals surface area (Å²) in [6.45, 7) is 3.99. The van der Waals surface area contributed by atoms with Crippen LogP contribution in [-0.4, -0.2) is 17.9 Å². The first kappa shape index (κ1) is 10.5. The van der Waals surface area contributed by atoms with E-state index in [1.165, 1.54) is 0 Å². The monoisotopic (exact) mass is 128 g/mol. The van der Waals surface area contributed by atoms with Crippen molar-refractivity contribution in [2.75, 3.05) is 6.67 Å². The predicted molar refractivity (Wildman–Crippen MR) is 24.4 cm³/mol. The topological polar surface area (TPSA) is 20.2 Å². The molecule has 0 aliphatic heterocycles. The lowest BCUT2D eigenvalue weighted by atomic mass is 10.7. The molecular weight excluding hydrogens is 121 g/mol. The fourth-order valence-corrected chi connectivity index (χ4v) is 0. The summed E-state index contributed by atoms with van der Waals surface area (Å²) in [5, 5.41) is 7.12. The molecule has 0 aromatic carbocycles. The van der Waals surface area contributed by atoms with Crippen molar-refractivity contribution >= 4 is 0 Å². The summed E-state index contributed by atoms with van der Waals surface area (Å²) in [7, 11) is 0. The maximum Gasteiger partial charge on any atom is 0.381 e. The van der Waals surface area contributed by atoms with Crippen molar-refractivity contribution in [2.24, 2.45) is 0 Å². The van der Waals surface area contributed by atoms with E-state index in [1.54, 1.807) is 0 Å². The largest absolute Gasteiger partial charge is 0.381 e.